The summed E-state index contributed by atoms with van der Waals surface area (Å²) in [6.07, 6.45) is 4.36. The third kappa shape index (κ3) is 18.0. The van der Waals surface area contributed by atoms with Gasteiger partial charge >= 0.3 is 11.9 Å². The fraction of sp³-hybridized carbons (Fsp3) is 0.953. The Hall–Kier alpha value is -1.18. The number of nitrogens with zero attached hydrogens (tertiary/aromatic N) is 1. The van der Waals surface area contributed by atoms with Gasteiger partial charge in [-0.15, -0.1) is 0 Å². The Balaban J connectivity index is 5.04. The SMILES string of the molecule is CCC(C)(C)CC(C)(C)C(=O)OC(C)(C)C(C)COC(C)(C)CC[N+](C)(C)CCC(C)(C)OCC(C)C(C)(C)OC(=O)C(C)(C)CC(C)(C)C. The third-order valence-corrected chi connectivity index (χ3v) is 11.1. The van der Waals surface area contributed by atoms with Crippen LogP contribution in [-0.4, -0.2) is 79.2 Å². The maximum atomic E-state index is 13.3. The molecule has 0 aromatic heterocycles. The van der Waals surface area contributed by atoms with Crippen molar-refractivity contribution in [1.29, 1.82) is 0 Å². The van der Waals surface area contributed by atoms with E-state index in [1.54, 1.807) is 0 Å². The van der Waals surface area contributed by atoms with E-state index in [0.29, 0.717) is 13.2 Å². The molecular weight excluding hydrogens is 626 g/mol. The maximum absolute atomic E-state index is 13.3. The zero-order valence-corrected chi connectivity index (χ0v) is 37.4. The van der Waals surface area contributed by atoms with E-state index in [0.717, 1.165) is 49.7 Å². The number of hydrogen-bond acceptors (Lipinski definition) is 6. The van der Waals surface area contributed by atoms with E-state index in [2.05, 4.69) is 97.2 Å². The summed E-state index contributed by atoms with van der Waals surface area (Å²) in [6, 6.07) is 0. The molecule has 0 saturated carbocycles. The highest BCUT2D eigenvalue weighted by molar-refractivity contribution is 5.77. The Morgan fingerprint density at radius 3 is 1.18 bits per heavy atom. The molecule has 0 saturated heterocycles. The van der Waals surface area contributed by atoms with Gasteiger partial charge < -0.3 is 23.4 Å². The molecule has 0 aromatic rings. The van der Waals surface area contributed by atoms with Gasteiger partial charge in [-0.05, 0) is 107 Å². The predicted molar refractivity (Wildman–Crippen MR) is 210 cm³/mol. The zero-order chi connectivity index (χ0) is 40.0. The number of carbonyl (C=O) groups is 2. The molecule has 0 heterocycles. The quantitative estimate of drug-likeness (QED) is 0.0822. The first-order valence-electron chi connectivity index (χ1n) is 19.5. The summed E-state index contributed by atoms with van der Waals surface area (Å²) in [5.41, 5.74) is -2.90. The van der Waals surface area contributed by atoms with Crippen LogP contribution in [0.15, 0.2) is 0 Å². The average Bonchev–Trinajstić information content (AvgIpc) is 2.90. The van der Waals surface area contributed by atoms with Gasteiger partial charge in [-0.1, -0.05) is 61.8 Å². The third-order valence-electron chi connectivity index (χ3n) is 11.1. The van der Waals surface area contributed by atoms with Gasteiger partial charge in [0, 0.05) is 24.7 Å². The van der Waals surface area contributed by atoms with Gasteiger partial charge in [-0.3, -0.25) is 9.59 Å². The molecule has 0 spiro atoms. The van der Waals surface area contributed by atoms with Gasteiger partial charge in [0.15, 0.2) is 0 Å². The average molecular weight is 713 g/mol. The molecule has 0 amide bonds. The zero-order valence-electron chi connectivity index (χ0n) is 37.4. The minimum Gasteiger partial charge on any atom is -0.459 e. The van der Waals surface area contributed by atoms with Crippen molar-refractivity contribution in [2.24, 2.45) is 33.5 Å². The standard InChI is InChI=1S/C43H86NO6/c1-23-37(7,8)31-39(11,12)35(46)50-43(19,20)33(3)29-48-41(15,16)25-27-44(21,22)26-24-40(13,14)47-28-32(2)42(17,18)49-34(45)38(9,10)30-36(4,5)6/h32-33H,23-31H2,1-22H3/q+1. The lowest BCUT2D eigenvalue weighted by Gasteiger charge is -2.40. The van der Waals surface area contributed by atoms with E-state index in [9.17, 15) is 9.59 Å². The van der Waals surface area contributed by atoms with Crippen molar-refractivity contribution in [2.75, 3.05) is 40.4 Å². The van der Waals surface area contributed by atoms with Crippen molar-refractivity contribution in [3.05, 3.63) is 0 Å². The van der Waals surface area contributed by atoms with Gasteiger partial charge in [0.1, 0.15) is 11.2 Å². The molecule has 0 aromatic carbocycles. The molecule has 0 aliphatic heterocycles. The number of quaternary nitrogens is 1. The van der Waals surface area contributed by atoms with Crippen molar-refractivity contribution in [3.8, 4) is 0 Å². The van der Waals surface area contributed by atoms with E-state index >= 15 is 0 Å². The van der Waals surface area contributed by atoms with Gasteiger partial charge in [0.05, 0.1) is 62.4 Å². The lowest BCUT2D eigenvalue weighted by atomic mass is 9.73. The van der Waals surface area contributed by atoms with Gasteiger partial charge in [-0.2, -0.15) is 0 Å². The Labute approximate surface area is 311 Å². The minimum atomic E-state index is -0.640. The predicted octanol–water partition coefficient (Wildman–Crippen LogP) is 10.7. The van der Waals surface area contributed by atoms with Crippen LogP contribution < -0.4 is 0 Å². The Morgan fingerprint density at radius 2 is 0.880 bits per heavy atom. The van der Waals surface area contributed by atoms with Crippen molar-refractivity contribution < 1.29 is 33.0 Å². The van der Waals surface area contributed by atoms with Crippen molar-refractivity contribution in [2.45, 2.75) is 193 Å². The molecule has 298 valence electrons. The molecule has 2 atom stereocenters. The summed E-state index contributed by atoms with van der Waals surface area (Å²) >= 11 is 0. The van der Waals surface area contributed by atoms with Crippen LogP contribution in [0.3, 0.4) is 0 Å². The molecule has 7 heteroatoms. The van der Waals surface area contributed by atoms with Crippen molar-refractivity contribution >= 4 is 11.9 Å². The fourth-order valence-electron chi connectivity index (χ4n) is 6.25. The molecule has 50 heavy (non-hydrogen) atoms. The minimum absolute atomic E-state index is 0.0343. The molecule has 0 bridgehead atoms. The van der Waals surface area contributed by atoms with Crippen LogP contribution in [0.2, 0.25) is 0 Å². The summed E-state index contributed by atoms with van der Waals surface area (Å²) in [5, 5.41) is 0. The maximum Gasteiger partial charge on any atom is 0.312 e. The summed E-state index contributed by atoms with van der Waals surface area (Å²) in [7, 11) is 4.53. The smallest absolute Gasteiger partial charge is 0.312 e. The summed E-state index contributed by atoms with van der Waals surface area (Å²) in [5.74, 6) is -0.223. The van der Waals surface area contributed by atoms with Crippen LogP contribution >= 0.6 is 0 Å². The Morgan fingerprint density at radius 1 is 0.560 bits per heavy atom. The van der Waals surface area contributed by atoms with Crippen molar-refractivity contribution in [1.82, 2.24) is 0 Å². The highest BCUT2D eigenvalue weighted by Crippen LogP contribution is 2.39. The number of rotatable bonds is 22. The first-order valence-corrected chi connectivity index (χ1v) is 19.5. The molecule has 0 N–H and O–H groups in total. The lowest BCUT2D eigenvalue weighted by Crippen LogP contribution is -2.47. The topological polar surface area (TPSA) is 71.1 Å². The number of esters is 2. The molecule has 7 nitrogen and oxygen atoms in total. The number of carbonyl (C=O) groups excluding carboxylic acids is 2. The van der Waals surface area contributed by atoms with Crippen LogP contribution in [0.4, 0.5) is 0 Å². The van der Waals surface area contributed by atoms with Crippen LogP contribution in [0, 0.1) is 33.5 Å². The van der Waals surface area contributed by atoms with E-state index < -0.39 is 22.0 Å². The van der Waals surface area contributed by atoms with E-state index in [4.69, 9.17) is 18.9 Å². The summed E-state index contributed by atoms with van der Waals surface area (Å²) in [4.78, 5) is 26.4. The lowest BCUT2D eigenvalue weighted by molar-refractivity contribution is -0.892. The van der Waals surface area contributed by atoms with Gasteiger partial charge in [0.25, 0.3) is 0 Å². The van der Waals surface area contributed by atoms with Crippen LogP contribution in [0.25, 0.3) is 0 Å². The van der Waals surface area contributed by atoms with Gasteiger partial charge in [0.2, 0.25) is 0 Å². The second kappa shape index (κ2) is 17.3. The highest BCUT2D eigenvalue weighted by Gasteiger charge is 2.42. The second-order valence-corrected chi connectivity index (χ2v) is 22.0. The second-order valence-electron chi connectivity index (χ2n) is 22.0. The van der Waals surface area contributed by atoms with Crippen LogP contribution in [-0.2, 0) is 28.5 Å². The van der Waals surface area contributed by atoms with Crippen molar-refractivity contribution in [3.63, 3.8) is 0 Å². The molecule has 2 unspecified atom stereocenters. The molecule has 0 radical (unpaired) electrons. The van der Waals surface area contributed by atoms with Crippen LogP contribution in [0.1, 0.15) is 171 Å². The van der Waals surface area contributed by atoms with Gasteiger partial charge in [-0.25, -0.2) is 0 Å². The number of ether oxygens (including phenoxy) is 4. The highest BCUT2D eigenvalue weighted by atomic mass is 16.6. The number of hydrogen-bond donors (Lipinski definition) is 0. The van der Waals surface area contributed by atoms with E-state index in [1.807, 2.05) is 55.4 Å². The summed E-state index contributed by atoms with van der Waals surface area (Å²) in [6.45, 7) is 44.8. The first-order chi connectivity index (χ1) is 21.9. The molecule has 0 rings (SSSR count). The molecule has 0 aliphatic carbocycles. The Kier molecular flexibility index (Phi) is 16.9. The van der Waals surface area contributed by atoms with Crippen LogP contribution in [0.5, 0.6) is 0 Å². The first kappa shape index (κ1) is 48.8. The summed E-state index contributed by atoms with van der Waals surface area (Å²) < 4.78 is 26.1. The largest absolute Gasteiger partial charge is 0.459 e. The fourth-order valence-corrected chi connectivity index (χ4v) is 6.25. The van der Waals surface area contributed by atoms with E-state index in [1.165, 1.54) is 0 Å². The van der Waals surface area contributed by atoms with E-state index in [-0.39, 0.29) is 45.8 Å². The molecule has 0 aliphatic rings. The monoisotopic (exact) mass is 713 g/mol. The normalized spacial score (nSPS) is 15.9. The molecule has 0 fully saturated rings. The molecular formula is C43H86NO6+. The Bertz CT molecular complexity index is 1070.